The van der Waals surface area contributed by atoms with Gasteiger partial charge in [-0.05, 0) is 24.9 Å². The summed E-state index contributed by atoms with van der Waals surface area (Å²) in [6.07, 6.45) is 4.47. The second kappa shape index (κ2) is 6.33. The second-order valence-electron chi connectivity index (χ2n) is 3.72. The Labute approximate surface area is 110 Å². The number of hydrogen-bond donors (Lipinski definition) is 1. The number of aliphatic imine (C=N–C) groups is 1. The van der Waals surface area contributed by atoms with Crippen molar-refractivity contribution in [3.05, 3.63) is 53.9 Å². The first-order valence-corrected chi connectivity index (χ1v) is 5.64. The van der Waals surface area contributed by atoms with Gasteiger partial charge < -0.3 is 0 Å². The molecule has 94 valence electrons. The zero-order valence-electron chi connectivity index (χ0n) is 10.2. The van der Waals surface area contributed by atoms with Crippen LogP contribution >= 0.6 is 0 Å². The van der Waals surface area contributed by atoms with Crippen molar-refractivity contribution in [2.75, 3.05) is 0 Å². The van der Waals surface area contributed by atoms with Crippen LogP contribution < -0.4 is 5.32 Å². The zero-order valence-corrected chi connectivity index (χ0v) is 10.2. The standard InChI is InChI=1S/C13H12N6/c1-15-12(13-16-5-2-6-17-13)19-9-11-4-3-10(7-14)8-18-11/h2-6,8,12,19H,1,9H2. The molecule has 0 saturated carbocycles. The maximum atomic E-state index is 8.69. The van der Waals surface area contributed by atoms with Gasteiger partial charge in [-0.15, -0.1) is 0 Å². The van der Waals surface area contributed by atoms with Crippen LogP contribution in [0.25, 0.3) is 0 Å². The van der Waals surface area contributed by atoms with Crippen LogP contribution in [-0.2, 0) is 6.54 Å². The van der Waals surface area contributed by atoms with Crippen LogP contribution in [0.15, 0.2) is 41.8 Å². The Morgan fingerprint density at radius 3 is 2.68 bits per heavy atom. The highest BCUT2D eigenvalue weighted by Crippen LogP contribution is 2.08. The molecule has 0 aliphatic carbocycles. The molecule has 2 rings (SSSR count). The Morgan fingerprint density at radius 2 is 2.11 bits per heavy atom. The minimum absolute atomic E-state index is 0.376. The SMILES string of the molecule is C=NC(NCc1ccc(C#N)cn1)c1ncccn1. The van der Waals surface area contributed by atoms with E-state index in [2.05, 4.69) is 32.0 Å². The molecule has 2 aromatic rings. The number of hydrogen-bond acceptors (Lipinski definition) is 6. The third-order valence-electron chi connectivity index (χ3n) is 2.44. The van der Waals surface area contributed by atoms with Crippen molar-refractivity contribution in [2.45, 2.75) is 12.7 Å². The van der Waals surface area contributed by atoms with E-state index in [1.165, 1.54) is 6.20 Å². The van der Waals surface area contributed by atoms with E-state index in [4.69, 9.17) is 5.26 Å². The zero-order chi connectivity index (χ0) is 13.5. The van der Waals surface area contributed by atoms with Gasteiger partial charge in [0.15, 0.2) is 12.0 Å². The summed E-state index contributed by atoms with van der Waals surface area (Å²) in [4.78, 5) is 16.3. The van der Waals surface area contributed by atoms with E-state index < -0.39 is 0 Å². The van der Waals surface area contributed by atoms with Gasteiger partial charge in [-0.2, -0.15) is 5.26 Å². The van der Waals surface area contributed by atoms with E-state index in [-0.39, 0.29) is 6.17 Å². The van der Waals surface area contributed by atoms with Crippen LogP contribution in [0.3, 0.4) is 0 Å². The molecule has 2 aromatic heterocycles. The Balaban J connectivity index is 2.00. The Hall–Kier alpha value is -2.65. The molecule has 6 nitrogen and oxygen atoms in total. The summed E-state index contributed by atoms with van der Waals surface area (Å²) in [5, 5.41) is 11.8. The highest BCUT2D eigenvalue weighted by Gasteiger charge is 2.10. The fraction of sp³-hybridized carbons (Fsp3) is 0.154. The lowest BCUT2D eigenvalue weighted by molar-refractivity contribution is 0.524. The van der Waals surface area contributed by atoms with E-state index in [1.54, 1.807) is 30.6 Å². The minimum atomic E-state index is -0.376. The monoisotopic (exact) mass is 252 g/mol. The van der Waals surface area contributed by atoms with Gasteiger partial charge in [0, 0.05) is 25.1 Å². The number of pyridine rings is 1. The summed E-state index contributed by atoms with van der Waals surface area (Å²) in [6.45, 7) is 4.01. The van der Waals surface area contributed by atoms with Crippen molar-refractivity contribution < 1.29 is 0 Å². The molecule has 0 aromatic carbocycles. The quantitative estimate of drug-likeness (QED) is 0.809. The Kier molecular flexibility index (Phi) is 4.26. The molecule has 0 aliphatic rings. The third-order valence-corrected chi connectivity index (χ3v) is 2.44. The Morgan fingerprint density at radius 1 is 1.32 bits per heavy atom. The lowest BCUT2D eigenvalue weighted by Crippen LogP contribution is -2.21. The molecule has 6 heteroatoms. The number of nitrogens with one attached hydrogen (secondary N) is 1. The average Bonchev–Trinajstić information content (AvgIpc) is 2.49. The molecule has 1 atom stereocenters. The number of nitrogens with zero attached hydrogens (tertiary/aromatic N) is 5. The van der Waals surface area contributed by atoms with Crippen LogP contribution in [0.4, 0.5) is 0 Å². The maximum Gasteiger partial charge on any atom is 0.167 e. The highest BCUT2D eigenvalue weighted by molar-refractivity contribution is 5.27. The maximum absolute atomic E-state index is 8.69. The van der Waals surface area contributed by atoms with Crippen molar-refractivity contribution in [2.24, 2.45) is 4.99 Å². The minimum Gasteiger partial charge on any atom is -0.284 e. The van der Waals surface area contributed by atoms with E-state index in [0.717, 1.165) is 5.69 Å². The van der Waals surface area contributed by atoms with Crippen molar-refractivity contribution in [3.63, 3.8) is 0 Å². The van der Waals surface area contributed by atoms with Crippen LogP contribution in [0.1, 0.15) is 23.2 Å². The van der Waals surface area contributed by atoms with E-state index in [9.17, 15) is 0 Å². The van der Waals surface area contributed by atoms with E-state index >= 15 is 0 Å². The molecule has 0 radical (unpaired) electrons. The molecule has 19 heavy (non-hydrogen) atoms. The molecular formula is C13H12N6. The number of nitriles is 1. The number of aromatic nitrogens is 3. The van der Waals surface area contributed by atoms with Crippen LogP contribution in [0, 0.1) is 11.3 Å². The van der Waals surface area contributed by atoms with Crippen molar-refractivity contribution in [3.8, 4) is 6.07 Å². The molecule has 0 fully saturated rings. The van der Waals surface area contributed by atoms with Gasteiger partial charge in [0.05, 0.1) is 11.3 Å². The first-order valence-electron chi connectivity index (χ1n) is 5.64. The molecule has 0 spiro atoms. The third kappa shape index (κ3) is 3.40. The van der Waals surface area contributed by atoms with Gasteiger partial charge in [0.2, 0.25) is 0 Å². The van der Waals surface area contributed by atoms with Gasteiger partial charge >= 0.3 is 0 Å². The largest absolute Gasteiger partial charge is 0.284 e. The molecule has 1 unspecified atom stereocenters. The smallest absolute Gasteiger partial charge is 0.167 e. The predicted octanol–water partition coefficient (Wildman–Crippen LogP) is 1.23. The summed E-state index contributed by atoms with van der Waals surface area (Å²) in [5.74, 6) is 0.561. The summed E-state index contributed by atoms with van der Waals surface area (Å²) in [6, 6.07) is 7.28. The molecular weight excluding hydrogens is 240 g/mol. The van der Waals surface area contributed by atoms with Crippen molar-refractivity contribution in [1.29, 1.82) is 5.26 Å². The van der Waals surface area contributed by atoms with Gasteiger partial charge in [-0.25, -0.2) is 9.97 Å². The summed E-state index contributed by atoms with van der Waals surface area (Å²) in [7, 11) is 0. The summed E-state index contributed by atoms with van der Waals surface area (Å²) >= 11 is 0. The normalized spacial score (nSPS) is 11.5. The average molecular weight is 252 g/mol. The van der Waals surface area contributed by atoms with Crippen LogP contribution in [0.5, 0.6) is 0 Å². The lowest BCUT2D eigenvalue weighted by Gasteiger charge is -2.11. The van der Waals surface area contributed by atoms with Crippen molar-refractivity contribution >= 4 is 6.72 Å². The van der Waals surface area contributed by atoms with Gasteiger partial charge in [0.1, 0.15) is 6.07 Å². The summed E-state index contributed by atoms with van der Waals surface area (Å²) < 4.78 is 0. The van der Waals surface area contributed by atoms with Crippen LogP contribution in [0.2, 0.25) is 0 Å². The van der Waals surface area contributed by atoms with E-state index in [0.29, 0.717) is 17.9 Å². The lowest BCUT2D eigenvalue weighted by atomic mass is 10.2. The van der Waals surface area contributed by atoms with Crippen LogP contribution in [-0.4, -0.2) is 21.7 Å². The second-order valence-corrected chi connectivity index (χ2v) is 3.72. The fourth-order valence-electron chi connectivity index (χ4n) is 1.49. The fourth-order valence-corrected chi connectivity index (χ4v) is 1.49. The highest BCUT2D eigenvalue weighted by atomic mass is 15.1. The molecule has 0 aliphatic heterocycles. The summed E-state index contributed by atoms with van der Waals surface area (Å²) in [5.41, 5.74) is 1.34. The Bertz CT molecular complexity index is 572. The molecule has 1 N–H and O–H groups in total. The topological polar surface area (TPSA) is 86.9 Å². The van der Waals surface area contributed by atoms with E-state index in [1.807, 2.05) is 6.07 Å². The van der Waals surface area contributed by atoms with Gasteiger partial charge in [-0.1, -0.05) is 0 Å². The van der Waals surface area contributed by atoms with Crippen molar-refractivity contribution in [1.82, 2.24) is 20.3 Å². The first kappa shape index (κ1) is 12.8. The molecule has 0 bridgehead atoms. The predicted molar refractivity (Wildman–Crippen MR) is 70.1 cm³/mol. The van der Waals surface area contributed by atoms with Gasteiger partial charge in [0.25, 0.3) is 0 Å². The molecule has 0 amide bonds. The van der Waals surface area contributed by atoms with Gasteiger partial charge in [-0.3, -0.25) is 15.3 Å². The molecule has 2 heterocycles. The first-order chi connectivity index (χ1) is 9.33. The molecule has 0 saturated heterocycles. The number of rotatable bonds is 5.